The molecule has 3 nitrogen and oxygen atoms in total. The summed E-state index contributed by atoms with van der Waals surface area (Å²) in [7, 11) is 3.55. The zero-order valence-corrected chi connectivity index (χ0v) is 20.1. The Bertz CT molecular complexity index is 897. The number of hydrogen-bond donors (Lipinski definition) is 1. The van der Waals surface area contributed by atoms with Gasteiger partial charge in [0, 0.05) is 12.8 Å². The van der Waals surface area contributed by atoms with Gasteiger partial charge in [-0.2, -0.15) is 12.6 Å². The topological polar surface area (TPSA) is 37.4 Å². The summed E-state index contributed by atoms with van der Waals surface area (Å²) in [5.74, 6) is 0.221. The molecule has 3 atom stereocenters. The summed E-state index contributed by atoms with van der Waals surface area (Å²) in [6.45, 7) is 0.564. The highest BCUT2D eigenvalue weighted by Gasteiger charge is 2.29. The lowest BCUT2D eigenvalue weighted by Crippen LogP contribution is -2.34. The number of fused-ring (bicyclic) bond motifs is 2. The third-order valence-electron chi connectivity index (χ3n) is 5.29. The average Bonchev–Trinajstić information content (AvgIpc) is 2.78. The van der Waals surface area contributed by atoms with E-state index in [9.17, 15) is 8.42 Å². The van der Waals surface area contributed by atoms with Gasteiger partial charge in [0.2, 0.25) is 0 Å². The van der Waals surface area contributed by atoms with Crippen molar-refractivity contribution in [3.63, 3.8) is 0 Å². The molecule has 0 saturated heterocycles. The van der Waals surface area contributed by atoms with Crippen molar-refractivity contribution in [3.8, 4) is 0 Å². The fourth-order valence-corrected chi connectivity index (χ4v) is 5.45. The minimum absolute atomic E-state index is 0.221. The van der Waals surface area contributed by atoms with Gasteiger partial charge in [-0.05, 0) is 73.1 Å². The third-order valence-corrected chi connectivity index (χ3v) is 7.21. The first-order chi connectivity index (χ1) is 13.2. The summed E-state index contributed by atoms with van der Waals surface area (Å²) in [5.41, 5.74) is 5.33. The van der Waals surface area contributed by atoms with E-state index in [4.69, 9.17) is 0 Å². The van der Waals surface area contributed by atoms with Gasteiger partial charge in [-0.1, -0.05) is 42.5 Å². The van der Waals surface area contributed by atoms with Crippen LogP contribution in [0.25, 0.3) is 0 Å². The molecule has 2 aromatic carbocycles. The van der Waals surface area contributed by atoms with Gasteiger partial charge in [0.05, 0.1) is 5.25 Å². The fraction of sp³-hybridized carbons (Fsp3) is 0.455. The van der Waals surface area contributed by atoms with Gasteiger partial charge in [-0.25, -0.2) is 8.42 Å². The van der Waals surface area contributed by atoms with Crippen molar-refractivity contribution in [2.75, 3.05) is 33.2 Å². The van der Waals surface area contributed by atoms with Crippen LogP contribution < -0.4 is 5.30 Å². The van der Waals surface area contributed by atoms with Crippen LogP contribution in [0.3, 0.4) is 0 Å². The number of benzene rings is 2. The number of rotatable bonds is 5. The second-order valence-electron chi connectivity index (χ2n) is 7.75. The van der Waals surface area contributed by atoms with Crippen LogP contribution in [0.2, 0.25) is 0 Å². The summed E-state index contributed by atoms with van der Waals surface area (Å²) in [6, 6.07) is 15.1. The van der Waals surface area contributed by atoms with E-state index in [2.05, 4.69) is 64.3 Å². The Kier molecular flexibility index (Phi) is 8.57. The number of hydrogen-bond acceptors (Lipinski definition) is 4. The molecule has 1 aliphatic rings. The molecule has 28 heavy (non-hydrogen) atoms. The fourth-order valence-electron chi connectivity index (χ4n) is 4.00. The normalized spacial score (nSPS) is 17.0. The van der Waals surface area contributed by atoms with Crippen LogP contribution in [0.5, 0.6) is 0 Å². The Balaban J connectivity index is 0.00000136. The quantitative estimate of drug-likeness (QED) is 0.576. The second kappa shape index (κ2) is 10.2. The van der Waals surface area contributed by atoms with Gasteiger partial charge in [-0.3, -0.25) is 0 Å². The van der Waals surface area contributed by atoms with Crippen LogP contribution in [0.1, 0.15) is 34.6 Å². The van der Waals surface area contributed by atoms with E-state index in [1.54, 1.807) is 6.26 Å². The number of nitrogens with zero attached hydrogens (tertiary/aromatic N) is 1. The van der Waals surface area contributed by atoms with E-state index >= 15 is 0 Å². The Morgan fingerprint density at radius 1 is 1.11 bits per heavy atom. The van der Waals surface area contributed by atoms with Crippen LogP contribution in [0.4, 0.5) is 0 Å². The summed E-state index contributed by atoms with van der Waals surface area (Å²) in [5, 5.41) is 0.831. The van der Waals surface area contributed by atoms with Crippen LogP contribution in [0, 0.1) is 0 Å². The smallest absolute Gasteiger partial charge is 0.151 e. The molecule has 3 unspecified atom stereocenters. The van der Waals surface area contributed by atoms with Crippen molar-refractivity contribution >= 4 is 37.0 Å². The highest BCUT2D eigenvalue weighted by Crippen LogP contribution is 2.35. The maximum absolute atomic E-state index is 12.4. The predicted octanol–water partition coefficient (Wildman–Crippen LogP) is 3.33. The molecule has 0 bridgehead atoms. The summed E-state index contributed by atoms with van der Waals surface area (Å²) < 4.78 is 24.8. The molecule has 0 radical (unpaired) electrons. The second-order valence-corrected chi connectivity index (χ2v) is 10.7. The first-order valence-electron chi connectivity index (χ1n) is 9.47. The largest absolute Gasteiger partial charge is 0.308 e. The lowest BCUT2D eigenvalue weighted by Gasteiger charge is -2.25. The summed E-state index contributed by atoms with van der Waals surface area (Å²) >= 11 is 3.53. The van der Waals surface area contributed by atoms with E-state index in [0.717, 1.165) is 12.8 Å². The predicted molar refractivity (Wildman–Crippen MR) is 128 cm³/mol. The Morgan fingerprint density at radius 3 is 2.43 bits per heavy atom. The summed E-state index contributed by atoms with van der Waals surface area (Å²) in [4.78, 5) is 1.98. The van der Waals surface area contributed by atoms with E-state index < -0.39 is 9.84 Å². The maximum Gasteiger partial charge on any atom is 0.151 e. The zero-order valence-electron chi connectivity index (χ0n) is 17.2. The van der Waals surface area contributed by atoms with E-state index in [0.29, 0.717) is 13.0 Å². The molecule has 0 aromatic heterocycles. The SMILES string of the molecule is CN(C)CC(CC1Cc2cc(P)ccc2Cc2ccccc21)S(C)(=O)=O.CS. The molecule has 0 N–H and O–H groups in total. The Morgan fingerprint density at radius 2 is 1.79 bits per heavy atom. The molecule has 0 fully saturated rings. The van der Waals surface area contributed by atoms with E-state index in [1.165, 1.54) is 33.8 Å². The first-order valence-corrected chi connectivity index (χ1v) is 12.9. The number of thiol groups is 1. The van der Waals surface area contributed by atoms with Crippen LogP contribution in [0.15, 0.2) is 42.5 Å². The van der Waals surface area contributed by atoms with Gasteiger partial charge in [-0.15, -0.1) is 9.24 Å². The molecule has 2 aromatic rings. The molecular formula is C22H32NO2PS2. The molecule has 0 spiro atoms. The van der Waals surface area contributed by atoms with Crippen molar-refractivity contribution in [2.45, 2.75) is 30.4 Å². The van der Waals surface area contributed by atoms with Crippen molar-refractivity contribution in [3.05, 3.63) is 64.7 Å². The molecule has 154 valence electrons. The van der Waals surface area contributed by atoms with Gasteiger partial charge in [0.1, 0.15) is 0 Å². The Hall–Kier alpha value is -0.870. The third kappa shape index (κ3) is 6.06. The van der Waals surface area contributed by atoms with E-state index in [-0.39, 0.29) is 11.2 Å². The molecule has 0 heterocycles. The van der Waals surface area contributed by atoms with Crippen molar-refractivity contribution < 1.29 is 8.42 Å². The van der Waals surface area contributed by atoms with Crippen molar-refractivity contribution in [2.24, 2.45) is 0 Å². The van der Waals surface area contributed by atoms with Crippen molar-refractivity contribution in [1.82, 2.24) is 4.90 Å². The lowest BCUT2D eigenvalue weighted by molar-refractivity contribution is 0.382. The van der Waals surface area contributed by atoms with E-state index in [1.807, 2.05) is 19.0 Å². The van der Waals surface area contributed by atoms with Crippen LogP contribution in [-0.4, -0.2) is 51.7 Å². The minimum atomic E-state index is -3.11. The summed E-state index contributed by atoms with van der Waals surface area (Å²) in [6.07, 6.45) is 5.55. The zero-order chi connectivity index (χ0) is 20.9. The van der Waals surface area contributed by atoms with Crippen molar-refractivity contribution in [1.29, 1.82) is 0 Å². The first kappa shape index (κ1) is 23.4. The lowest BCUT2D eigenvalue weighted by atomic mass is 9.87. The Labute approximate surface area is 178 Å². The minimum Gasteiger partial charge on any atom is -0.308 e. The van der Waals surface area contributed by atoms with Gasteiger partial charge in [0.15, 0.2) is 9.84 Å². The standard InChI is InChI=1S/C21H28NO2PS.CH4S/c1-22(2)14-20(26(3,23)24)13-18-11-17-12-19(25)9-8-15(17)10-16-6-4-5-7-21(16)18;1-2/h4-9,12,18,20H,10-11,13-14,25H2,1-3H3;2H,1H3. The molecule has 0 saturated carbocycles. The number of sulfone groups is 1. The highest BCUT2D eigenvalue weighted by atomic mass is 32.2. The molecule has 0 amide bonds. The van der Waals surface area contributed by atoms with Gasteiger partial charge < -0.3 is 4.90 Å². The van der Waals surface area contributed by atoms with Gasteiger partial charge >= 0.3 is 0 Å². The average molecular weight is 438 g/mol. The molecule has 6 heteroatoms. The highest BCUT2D eigenvalue weighted by molar-refractivity contribution is 7.91. The molecule has 3 rings (SSSR count). The molecule has 0 aliphatic heterocycles. The van der Waals surface area contributed by atoms with Crippen LogP contribution in [-0.2, 0) is 22.7 Å². The molecular weight excluding hydrogens is 405 g/mol. The van der Waals surface area contributed by atoms with Crippen LogP contribution >= 0.6 is 21.9 Å². The molecule has 1 aliphatic carbocycles. The van der Waals surface area contributed by atoms with Gasteiger partial charge in [0.25, 0.3) is 0 Å². The monoisotopic (exact) mass is 437 g/mol. The maximum atomic E-state index is 12.4.